The lowest BCUT2D eigenvalue weighted by Crippen LogP contribution is -2.42. The van der Waals surface area contributed by atoms with Gasteiger partial charge < -0.3 is 15.5 Å². The summed E-state index contributed by atoms with van der Waals surface area (Å²) in [6.07, 6.45) is 1.14. The maximum Gasteiger partial charge on any atom is 0.191 e. The molecule has 0 radical (unpaired) electrons. The number of guanidine groups is 1. The minimum Gasteiger partial charge on any atom is -0.355 e. The molecule has 1 aromatic carbocycles. The highest BCUT2D eigenvalue weighted by Crippen LogP contribution is 2.05. The van der Waals surface area contributed by atoms with Gasteiger partial charge in [0.2, 0.25) is 0 Å². The molecule has 1 rings (SSSR count). The average Bonchev–Trinajstić information content (AvgIpc) is 2.51. The van der Waals surface area contributed by atoms with Crippen molar-refractivity contribution in [3.8, 4) is 0 Å². The summed E-state index contributed by atoms with van der Waals surface area (Å²) in [5, 5.41) is 6.37. The van der Waals surface area contributed by atoms with Crippen LogP contribution >= 0.6 is 0 Å². The first-order valence-corrected chi connectivity index (χ1v) is 7.46. The molecule has 0 fully saturated rings. The number of hydrogen-bond acceptors (Lipinski definition) is 2. The molecule has 1 aromatic rings. The maximum atomic E-state index is 13.5. The summed E-state index contributed by atoms with van der Waals surface area (Å²) in [6, 6.07) is 7.33. The van der Waals surface area contributed by atoms with Gasteiger partial charge >= 0.3 is 0 Å². The van der Waals surface area contributed by atoms with E-state index < -0.39 is 0 Å². The summed E-state index contributed by atoms with van der Waals surface area (Å²) in [7, 11) is 3.83. The molecule has 0 saturated heterocycles. The second-order valence-electron chi connectivity index (χ2n) is 5.18. The first-order valence-electron chi connectivity index (χ1n) is 7.46. The minimum atomic E-state index is -0.197. The predicted molar refractivity (Wildman–Crippen MR) is 87.0 cm³/mol. The van der Waals surface area contributed by atoms with Crippen molar-refractivity contribution in [3.05, 3.63) is 35.6 Å². The molecular weight excluding hydrogens is 267 g/mol. The third-order valence-electron chi connectivity index (χ3n) is 3.73. The van der Waals surface area contributed by atoms with Crippen LogP contribution in [0, 0.1) is 5.82 Å². The molecule has 2 N–H and O–H groups in total. The molecule has 118 valence electrons. The van der Waals surface area contributed by atoms with E-state index in [1.54, 1.807) is 19.2 Å². The fourth-order valence-electron chi connectivity index (χ4n) is 1.92. The normalized spacial score (nSPS) is 13.3. The fourth-order valence-corrected chi connectivity index (χ4v) is 1.92. The molecule has 0 aromatic heterocycles. The van der Waals surface area contributed by atoms with E-state index in [0.717, 1.165) is 19.5 Å². The molecular formula is C16H27FN4. The van der Waals surface area contributed by atoms with Crippen LogP contribution in [0.25, 0.3) is 0 Å². The van der Waals surface area contributed by atoms with Crippen molar-refractivity contribution >= 4 is 5.96 Å². The quantitative estimate of drug-likeness (QED) is 0.598. The molecule has 0 bridgehead atoms. The van der Waals surface area contributed by atoms with Crippen molar-refractivity contribution in [3.63, 3.8) is 0 Å². The minimum absolute atomic E-state index is 0.197. The summed E-state index contributed by atoms with van der Waals surface area (Å²) < 4.78 is 13.5. The smallest absolute Gasteiger partial charge is 0.191 e. The monoisotopic (exact) mass is 294 g/mol. The maximum absolute atomic E-state index is 13.5. The summed E-state index contributed by atoms with van der Waals surface area (Å²) >= 11 is 0. The molecule has 0 amide bonds. The van der Waals surface area contributed by atoms with Gasteiger partial charge in [0.05, 0.1) is 0 Å². The number of likely N-dealkylation sites (N-methyl/N-ethyl adjacent to an activating group) is 1. The first kappa shape index (κ1) is 17.4. The van der Waals surface area contributed by atoms with Crippen LogP contribution in [0.15, 0.2) is 29.3 Å². The van der Waals surface area contributed by atoms with Crippen molar-refractivity contribution in [2.75, 3.05) is 27.2 Å². The Morgan fingerprint density at radius 3 is 2.67 bits per heavy atom. The van der Waals surface area contributed by atoms with Gasteiger partial charge in [0.1, 0.15) is 5.82 Å². The van der Waals surface area contributed by atoms with E-state index in [2.05, 4.69) is 41.4 Å². The molecule has 5 heteroatoms. The average molecular weight is 294 g/mol. The number of benzene rings is 1. The molecule has 1 atom stereocenters. The van der Waals surface area contributed by atoms with Crippen LogP contribution in [-0.2, 0) is 6.54 Å². The Bertz CT molecular complexity index is 448. The van der Waals surface area contributed by atoms with E-state index in [9.17, 15) is 4.39 Å². The number of hydrogen-bond donors (Lipinski definition) is 2. The van der Waals surface area contributed by atoms with Crippen molar-refractivity contribution in [2.24, 2.45) is 4.99 Å². The van der Waals surface area contributed by atoms with Gasteiger partial charge in [-0.2, -0.15) is 0 Å². The van der Waals surface area contributed by atoms with E-state index in [0.29, 0.717) is 24.1 Å². The summed E-state index contributed by atoms with van der Waals surface area (Å²) in [4.78, 5) is 6.45. The molecule has 4 nitrogen and oxygen atoms in total. The van der Waals surface area contributed by atoms with Gasteiger partial charge in [-0.05, 0) is 26.5 Å². The molecule has 0 spiro atoms. The fraction of sp³-hybridized carbons (Fsp3) is 0.562. The molecule has 0 saturated carbocycles. The van der Waals surface area contributed by atoms with E-state index in [1.807, 2.05) is 6.07 Å². The highest BCUT2D eigenvalue weighted by Gasteiger charge is 2.06. The van der Waals surface area contributed by atoms with Gasteiger partial charge in [-0.3, -0.25) is 4.99 Å². The second kappa shape index (κ2) is 9.34. The number of aliphatic imine (C=N–C) groups is 1. The first-order chi connectivity index (χ1) is 10.1. The molecule has 0 aliphatic rings. The summed E-state index contributed by atoms with van der Waals surface area (Å²) in [6.45, 7) is 6.56. The van der Waals surface area contributed by atoms with E-state index in [-0.39, 0.29) is 5.82 Å². The molecule has 0 heterocycles. The van der Waals surface area contributed by atoms with Crippen molar-refractivity contribution in [1.82, 2.24) is 15.5 Å². The molecule has 21 heavy (non-hydrogen) atoms. The second-order valence-corrected chi connectivity index (χ2v) is 5.18. The lowest BCUT2D eigenvalue weighted by Gasteiger charge is -2.24. The summed E-state index contributed by atoms with van der Waals surface area (Å²) in [5.41, 5.74) is 0.636. The van der Waals surface area contributed by atoms with Crippen LogP contribution in [-0.4, -0.2) is 44.1 Å². The standard InChI is InChI=1S/C16H27FN4/c1-5-13(2)21(4)11-10-19-16(18-3)20-12-14-8-6-7-9-15(14)17/h6-9,13H,5,10-12H2,1-4H3,(H2,18,19,20). The number of nitrogens with zero attached hydrogens (tertiary/aromatic N) is 2. The zero-order chi connectivity index (χ0) is 15.7. The molecule has 0 aliphatic heterocycles. The Labute approximate surface area is 127 Å². The zero-order valence-electron chi connectivity index (χ0n) is 13.5. The highest BCUT2D eigenvalue weighted by molar-refractivity contribution is 5.79. The number of halogens is 1. The van der Waals surface area contributed by atoms with Gasteiger partial charge in [0.25, 0.3) is 0 Å². The number of nitrogens with one attached hydrogen (secondary N) is 2. The lowest BCUT2D eigenvalue weighted by atomic mass is 10.2. The third kappa shape index (κ3) is 6.12. The van der Waals surface area contributed by atoms with Crippen LogP contribution in [0.5, 0.6) is 0 Å². The van der Waals surface area contributed by atoms with E-state index in [4.69, 9.17) is 0 Å². The topological polar surface area (TPSA) is 39.7 Å². The van der Waals surface area contributed by atoms with Gasteiger partial charge in [0.15, 0.2) is 5.96 Å². The zero-order valence-corrected chi connectivity index (χ0v) is 13.5. The third-order valence-corrected chi connectivity index (χ3v) is 3.73. The van der Waals surface area contributed by atoms with E-state index in [1.165, 1.54) is 6.07 Å². The molecule has 1 unspecified atom stereocenters. The Morgan fingerprint density at radius 1 is 1.33 bits per heavy atom. The van der Waals surface area contributed by atoms with Gasteiger partial charge in [0, 0.05) is 38.3 Å². The Morgan fingerprint density at radius 2 is 2.05 bits per heavy atom. The van der Waals surface area contributed by atoms with Crippen LogP contribution < -0.4 is 10.6 Å². The largest absolute Gasteiger partial charge is 0.355 e. The Kier molecular flexibility index (Phi) is 7.75. The molecule has 0 aliphatic carbocycles. The van der Waals surface area contributed by atoms with Crippen molar-refractivity contribution < 1.29 is 4.39 Å². The Balaban J connectivity index is 2.35. The lowest BCUT2D eigenvalue weighted by molar-refractivity contribution is 0.255. The van der Waals surface area contributed by atoms with Crippen LogP contribution in [0.1, 0.15) is 25.8 Å². The van der Waals surface area contributed by atoms with Crippen LogP contribution in [0.2, 0.25) is 0 Å². The SMILES string of the molecule is CCC(C)N(C)CCNC(=NC)NCc1ccccc1F. The van der Waals surface area contributed by atoms with Crippen LogP contribution in [0.4, 0.5) is 4.39 Å². The van der Waals surface area contributed by atoms with Gasteiger partial charge in [-0.1, -0.05) is 25.1 Å². The van der Waals surface area contributed by atoms with Gasteiger partial charge in [-0.15, -0.1) is 0 Å². The predicted octanol–water partition coefficient (Wildman–Crippen LogP) is 2.22. The Hall–Kier alpha value is -1.62. The summed E-state index contributed by atoms with van der Waals surface area (Å²) in [5.74, 6) is 0.493. The number of rotatable bonds is 7. The van der Waals surface area contributed by atoms with Crippen molar-refractivity contribution in [1.29, 1.82) is 0 Å². The van der Waals surface area contributed by atoms with Gasteiger partial charge in [-0.25, -0.2) is 4.39 Å². The van der Waals surface area contributed by atoms with Crippen LogP contribution in [0.3, 0.4) is 0 Å². The van der Waals surface area contributed by atoms with E-state index >= 15 is 0 Å². The highest BCUT2D eigenvalue weighted by atomic mass is 19.1. The van der Waals surface area contributed by atoms with Crippen molar-refractivity contribution in [2.45, 2.75) is 32.9 Å².